The third-order valence-corrected chi connectivity index (χ3v) is 4.98. The molecule has 3 nitrogen and oxygen atoms in total. The van der Waals surface area contributed by atoms with Gasteiger partial charge in [0.1, 0.15) is 13.2 Å². The molecular weight excluding hydrogens is 294 g/mol. The number of ether oxygens (including phenoxy) is 2. The fourth-order valence-corrected chi connectivity index (χ4v) is 3.59. The van der Waals surface area contributed by atoms with Gasteiger partial charge in [-0.3, -0.25) is 0 Å². The summed E-state index contributed by atoms with van der Waals surface area (Å²) in [5.41, 5.74) is 2.46. The molecule has 98 valence electrons. The normalized spacial score (nSPS) is 26.4. The second kappa shape index (κ2) is 4.42. The van der Waals surface area contributed by atoms with Gasteiger partial charge in [-0.2, -0.15) is 0 Å². The van der Waals surface area contributed by atoms with Crippen LogP contribution in [-0.2, 0) is 5.54 Å². The van der Waals surface area contributed by atoms with Crippen LogP contribution in [0.25, 0.3) is 0 Å². The van der Waals surface area contributed by atoms with E-state index in [0.717, 1.165) is 34.5 Å². The average Bonchev–Trinajstić information content (AvgIpc) is 2.82. The summed E-state index contributed by atoms with van der Waals surface area (Å²) in [6.45, 7) is 6.69. The zero-order valence-electron chi connectivity index (χ0n) is 10.8. The minimum absolute atomic E-state index is 0.0411. The van der Waals surface area contributed by atoms with Crippen LogP contribution in [0.15, 0.2) is 10.5 Å². The number of benzene rings is 1. The summed E-state index contributed by atoms with van der Waals surface area (Å²) < 4.78 is 12.6. The van der Waals surface area contributed by atoms with Gasteiger partial charge >= 0.3 is 0 Å². The molecule has 18 heavy (non-hydrogen) atoms. The lowest BCUT2D eigenvalue weighted by molar-refractivity contribution is 0.169. The summed E-state index contributed by atoms with van der Waals surface area (Å²) in [6, 6.07) is 2.13. The van der Waals surface area contributed by atoms with Crippen molar-refractivity contribution in [1.82, 2.24) is 5.32 Å². The minimum atomic E-state index is 0.0411. The Morgan fingerprint density at radius 1 is 1.33 bits per heavy atom. The molecule has 1 unspecified atom stereocenters. The zero-order valence-corrected chi connectivity index (χ0v) is 12.4. The molecule has 0 radical (unpaired) electrons. The fourth-order valence-electron chi connectivity index (χ4n) is 2.85. The zero-order chi connectivity index (χ0) is 12.8. The van der Waals surface area contributed by atoms with E-state index in [1.807, 2.05) is 0 Å². The number of hydrogen-bond acceptors (Lipinski definition) is 3. The molecule has 0 spiro atoms. The molecule has 0 aromatic heterocycles. The maximum atomic E-state index is 5.73. The quantitative estimate of drug-likeness (QED) is 0.864. The van der Waals surface area contributed by atoms with Crippen LogP contribution in [0.4, 0.5) is 0 Å². The van der Waals surface area contributed by atoms with E-state index >= 15 is 0 Å². The predicted octanol–water partition coefficient (Wildman–Crippen LogP) is 3.13. The van der Waals surface area contributed by atoms with E-state index in [9.17, 15) is 0 Å². The Hall–Kier alpha value is -0.740. The van der Waals surface area contributed by atoms with E-state index in [2.05, 4.69) is 41.2 Å². The Morgan fingerprint density at radius 2 is 2.11 bits per heavy atom. The Bertz CT molecular complexity index is 481. The van der Waals surface area contributed by atoms with Crippen molar-refractivity contribution in [1.29, 1.82) is 0 Å². The number of nitrogens with one attached hydrogen (secondary N) is 1. The van der Waals surface area contributed by atoms with Gasteiger partial charge in [0.15, 0.2) is 11.5 Å². The monoisotopic (exact) mass is 311 g/mol. The van der Waals surface area contributed by atoms with E-state index in [0.29, 0.717) is 13.2 Å². The van der Waals surface area contributed by atoms with Crippen molar-refractivity contribution in [2.24, 2.45) is 0 Å². The van der Waals surface area contributed by atoms with Crippen LogP contribution in [0.2, 0.25) is 0 Å². The first-order chi connectivity index (χ1) is 8.62. The highest BCUT2D eigenvalue weighted by atomic mass is 79.9. The highest BCUT2D eigenvalue weighted by molar-refractivity contribution is 9.10. The van der Waals surface area contributed by atoms with E-state index in [4.69, 9.17) is 9.47 Å². The number of rotatable bonds is 1. The van der Waals surface area contributed by atoms with Crippen LogP contribution < -0.4 is 14.8 Å². The maximum absolute atomic E-state index is 5.73. The Balaban J connectivity index is 2.13. The van der Waals surface area contributed by atoms with Gasteiger partial charge in [0.25, 0.3) is 0 Å². The first-order valence-corrected chi connectivity index (χ1v) is 7.25. The Kier molecular flexibility index (Phi) is 3.02. The van der Waals surface area contributed by atoms with Gasteiger partial charge in [0.05, 0.1) is 0 Å². The van der Waals surface area contributed by atoms with Gasteiger partial charge < -0.3 is 14.8 Å². The molecule has 1 saturated heterocycles. The third kappa shape index (κ3) is 1.82. The Morgan fingerprint density at radius 3 is 2.83 bits per heavy atom. The Labute approximate surface area is 116 Å². The summed E-state index contributed by atoms with van der Waals surface area (Å²) in [5, 5.41) is 3.60. The van der Waals surface area contributed by atoms with Gasteiger partial charge in [0, 0.05) is 15.6 Å². The molecule has 0 saturated carbocycles. The first-order valence-electron chi connectivity index (χ1n) is 6.46. The lowest BCUT2D eigenvalue weighted by atomic mass is 9.89. The second-order valence-corrected chi connectivity index (χ2v) is 6.04. The summed E-state index contributed by atoms with van der Waals surface area (Å²) in [7, 11) is 0. The lowest BCUT2D eigenvalue weighted by Crippen LogP contribution is -2.34. The SMILES string of the molecule is Cc1c(Br)c(C2(C)CCCN2)cc2c1OCCO2. The second-order valence-electron chi connectivity index (χ2n) is 5.25. The molecular formula is C14H18BrNO2. The van der Waals surface area contributed by atoms with Crippen LogP contribution in [-0.4, -0.2) is 19.8 Å². The van der Waals surface area contributed by atoms with Gasteiger partial charge in [-0.25, -0.2) is 0 Å². The van der Waals surface area contributed by atoms with Crippen molar-refractivity contribution in [3.8, 4) is 11.5 Å². The van der Waals surface area contributed by atoms with Crippen molar-refractivity contribution in [2.45, 2.75) is 32.2 Å². The molecule has 4 heteroatoms. The number of fused-ring (bicyclic) bond motifs is 1. The molecule has 0 amide bonds. The predicted molar refractivity (Wildman–Crippen MR) is 74.5 cm³/mol. The maximum Gasteiger partial charge on any atom is 0.165 e. The van der Waals surface area contributed by atoms with Crippen LogP contribution >= 0.6 is 15.9 Å². The van der Waals surface area contributed by atoms with E-state index < -0.39 is 0 Å². The van der Waals surface area contributed by atoms with E-state index in [1.54, 1.807) is 0 Å². The van der Waals surface area contributed by atoms with E-state index in [-0.39, 0.29) is 5.54 Å². The summed E-state index contributed by atoms with van der Waals surface area (Å²) in [4.78, 5) is 0. The van der Waals surface area contributed by atoms with Gasteiger partial charge in [-0.1, -0.05) is 15.9 Å². The summed E-state index contributed by atoms with van der Waals surface area (Å²) in [6.07, 6.45) is 2.38. The topological polar surface area (TPSA) is 30.5 Å². The van der Waals surface area contributed by atoms with Crippen LogP contribution in [0, 0.1) is 6.92 Å². The molecule has 2 aliphatic heterocycles. The molecule has 2 heterocycles. The molecule has 0 bridgehead atoms. The molecule has 1 fully saturated rings. The standard InChI is InChI=1S/C14H18BrNO2/c1-9-12(15)10(14(2)4-3-5-16-14)8-11-13(9)18-7-6-17-11/h8,16H,3-7H2,1-2H3. The smallest absolute Gasteiger partial charge is 0.165 e. The first kappa shape index (κ1) is 12.3. The van der Waals surface area contributed by atoms with Crippen molar-refractivity contribution in [2.75, 3.05) is 19.8 Å². The molecule has 3 rings (SSSR count). The molecule has 1 N–H and O–H groups in total. The van der Waals surface area contributed by atoms with Crippen molar-refractivity contribution >= 4 is 15.9 Å². The van der Waals surface area contributed by atoms with Gasteiger partial charge in [-0.05, 0) is 44.9 Å². The molecule has 0 aliphatic carbocycles. The van der Waals surface area contributed by atoms with Gasteiger partial charge in [0.2, 0.25) is 0 Å². The van der Waals surface area contributed by atoms with Crippen molar-refractivity contribution < 1.29 is 9.47 Å². The fraction of sp³-hybridized carbons (Fsp3) is 0.571. The molecule has 2 aliphatic rings. The summed E-state index contributed by atoms with van der Waals surface area (Å²) in [5.74, 6) is 1.77. The van der Waals surface area contributed by atoms with Crippen LogP contribution in [0.3, 0.4) is 0 Å². The van der Waals surface area contributed by atoms with Gasteiger partial charge in [-0.15, -0.1) is 0 Å². The van der Waals surface area contributed by atoms with Crippen LogP contribution in [0.5, 0.6) is 11.5 Å². The highest BCUT2D eigenvalue weighted by Gasteiger charge is 2.34. The van der Waals surface area contributed by atoms with Crippen molar-refractivity contribution in [3.05, 3.63) is 21.7 Å². The molecule has 1 atom stereocenters. The lowest BCUT2D eigenvalue weighted by Gasteiger charge is -2.30. The highest BCUT2D eigenvalue weighted by Crippen LogP contribution is 2.45. The largest absolute Gasteiger partial charge is 0.486 e. The molecule has 1 aromatic rings. The number of hydrogen-bond donors (Lipinski definition) is 1. The van der Waals surface area contributed by atoms with Crippen LogP contribution in [0.1, 0.15) is 30.9 Å². The molecule has 1 aromatic carbocycles. The third-order valence-electron chi connectivity index (χ3n) is 3.96. The number of halogens is 1. The van der Waals surface area contributed by atoms with E-state index in [1.165, 1.54) is 12.0 Å². The summed E-state index contributed by atoms with van der Waals surface area (Å²) >= 11 is 3.73. The average molecular weight is 312 g/mol. The minimum Gasteiger partial charge on any atom is -0.486 e. The van der Waals surface area contributed by atoms with Crippen molar-refractivity contribution in [3.63, 3.8) is 0 Å².